The fraction of sp³-hybridized carbons (Fsp3) is 0.556. The molecule has 0 saturated carbocycles. The van der Waals surface area contributed by atoms with Crippen LogP contribution in [0.4, 0.5) is 14.9 Å². The molecule has 25 heavy (non-hydrogen) atoms. The van der Waals surface area contributed by atoms with Crippen LogP contribution in [0.3, 0.4) is 0 Å². The summed E-state index contributed by atoms with van der Waals surface area (Å²) in [5.41, 5.74) is 0.525. The fourth-order valence-corrected chi connectivity index (χ4v) is 3.08. The maximum atomic E-state index is 13.3. The number of urea groups is 1. The lowest BCUT2D eigenvalue weighted by Gasteiger charge is -2.18. The monoisotopic (exact) mass is 351 g/mol. The molecule has 2 rings (SSSR count). The minimum Gasteiger partial charge on any atom is -0.338 e. The first-order chi connectivity index (χ1) is 12.0. The van der Waals surface area contributed by atoms with Gasteiger partial charge in [-0.3, -0.25) is 4.79 Å². The minimum atomic E-state index is -0.380. The number of carbonyl (C=O) groups excluding carboxylic acids is 2. The highest BCUT2D eigenvalue weighted by atomic mass is 19.1. The van der Waals surface area contributed by atoms with Crippen molar-refractivity contribution in [1.29, 1.82) is 0 Å². The second-order valence-corrected chi connectivity index (χ2v) is 6.35. The van der Waals surface area contributed by atoms with E-state index in [2.05, 4.69) is 24.5 Å². The smallest absolute Gasteiger partial charge is 0.315 e. The molecule has 1 saturated heterocycles. The van der Waals surface area contributed by atoms with Gasteiger partial charge in [-0.15, -0.1) is 0 Å². The van der Waals surface area contributed by atoms with Crippen LogP contribution in [0.5, 0.6) is 0 Å². The molecule has 138 valence electrons. The lowest BCUT2D eigenvalue weighted by Crippen LogP contribution is -3.11. The molecule has 1 aromatic rings. The lowest BCUT2D eigenvalue weighted by molar-refractivity contribution is -0.896. The van der Waals surface area contributed by atoms with Crippen LogP contribution in [0.2, 0.25) is 0 Å². The highest BCUT2D eigenvalue weighted by Crippen LogP contribution is 2.22. The van der Waals surface area contributed by atoms with Crippen molar-refractivity contribution in [3.05, 3.63) is 30.1 Å². The molecule has 0 aromatic heterocycles. The predicted octanol–water partition coefficient (Wildman–Crippen LogP) is 0.545. The molecule has 0 bridgehead atoms. The van der Waals surface area contributed by atoms with E-state index in [1.54, 1.807) is 12.1 Å². The average molecular weight is 351 g/mol. The number of anilines is 1. The first-order valence-corrected chi connectivity index (χ1v) is 8.97. The van der Waals surface area contributed by atoms with Gasteiger partial charge in [0.05, 0.1) is 25.7 Å². The summed E-state index contributed by atoms with van der Waals surface area (Å²) in [6.07, 6.45) is 1.15. The van der Waals surface area contributed by atoms with Crippen LogP contribution in [0.25, 0.3) is 0 Å². The normalized spacial score (nSPS) is 17.2. The van der Waals surface area contributed by atoms with Crippen molar-refractivity contribution < 1.29 is 18.9 Å². The predicted molar refractivity (Wildman–Crippen MR) is 95.2 cm³/mol. The Morgan fingerprint density at radius 3 is 2.80 bits per heavy atom. The molecular weight excluding hydrogens is 323 g/mol. The Hall–Kier alpha value is -2.15. The van der Waals surface area contributed by atoms with Crippen LogP contribution in [-0.4, -0.2) is 50.7 Å². The van der Waals surface area contributed by atoms with Crippen LogP contribution in [0, 0.1) is 5.82 Å². The third-order valence-corrected chi connectivity index (χ3v) is 4.57. The van der Waals surface area contributed by atoms with Crippen LogP contribution in [0.15, 0.2) is 24.3 Å². The van der Waals surface area contributed by atoms with Crippen LogP contribution in [-0.2, 0) is 4.79 Å². The summed E-state index contributed by atoms with van der Waals surface area (Å²) in [6.45, 7) is 8.48. The van der Waals surface area contributed by atoms with Crippen molar-refractivity contribution in [2.45, 2.75) is 32.7 Å². The Morgan fingerprint density at radius 2 is 2.12 bits per heavy atom. The number of amides is 3. The van der Waals surface area contributed by atoms with Crippen molar-refractivity contribution in [2.24, 2.45) is 0 Å². The number of halogens is 1. The summed E-state index contributed by atoms with van der Waals surface area (Å²) in [6, 6.07) is 5.42. The molecule has 3 amide bonds. The Labute approximate surface area is 148 Å². The molecule has 0 spiro atoms. The molecule has 1 aliphatic rings. The zero-order valence-corrected chi connectivity index (χ0v) is 15.0. The molecule has 3 N–H and O–H groups in total. The van der Waals surface area contributed by atoms with Crippen molar-refractivity contribution in [3.8, 4) is 0 Å². The summed E-state index contributed by atoms with van der Waals surface area (Å²) < 4.78 is 13.3. The third-order valence-electron chi connectivity index (χ3n) is 4.57. The van der Waals surface area contributed by atoms with Gasteiger partial charge < -0.3 is 20.4 Å². The van der Waals surface area contributed by atoms with Gasteiger partial charge >= 0.3 is 6.03 Å². The van der Waals surface area contributed by atoms with Gasteiger partial charge in [-0.05, 0) is 32.0 Å². The second kappa shape index (κ2) is 9.36. The molecule has 1 heterocycles. The first kappa shape index (κ1) is 19.2. The SMILES string of the molecule is CC[NH+](CC)CCCNC(=O)N[C@H]1CC(=O)N(c2cccc(F)c2)C1. The minimum absolute atomic E-state index is 0.110. The largest absolute Gasteiger partial charge is 0.338 e. The topological polar surface area (TPSA) is 65.9 Å². The number of nitrogens with zero attached hydrogens (tertiary/aromatic N) is 1. The van der Waals surface area contributed by atoms with Gasteiger partial charge in [0.2, 0.25) is 5.91 Å². The molecule has 7 heteroatoms. The average Bonchev–Trinajstić information content (AvgIpc) is 2.95. The number of quaternary nitrogens is 1. The highest BCUT2D eigenvalue weighted by molar-refractivity contribution is 5.96. The van der Waals surface area contributed by atoms with Crippen LogP contribution >= 0.6 is 0 Å². The van der Waals surface area contributed by atoms with E-state index in [0.717, 1.165) is 26.1 Å². The van der Waals surface area contributed by atoms with Crippen LogP contribution < -0.4 is 20.4 Å². The van der Waals surface area contributed by atoms with Gasteiger partial charge in [0.15, 0.2) is 0 Å². The summed E-state index contributed by atoms with van der Waals surface area (Å²) in [5, 5.41) is 5.67. The Balaban J connectivity index is 1.74. The third kappa shape index (κ3) is 5.70. The van der Waals surface area contributed by atoms with Gasteiger partial charge in [0, 0.05) is 31.6 Å². The number of rotatable bonds is 8. The number of hydrogen-bond acceptors (Lipinski definition) is 2. The molecule has 1 aliphatic heterocycles. The Bertz CT molecular complexity index is 592. The molecular formula is C18H28FN4O2+. The lowest BCUT2D eigenvalue weighted by atomic mass is 10.2. The summed E-state index contributed by atoms with van der Waals surface area (Å²) in [5.74, 6) is -0.490. The molecule has 0 unspecified atom stereocenters. The molecule has 0 aliphatic carbocycles. The standard InChI is InChI=1S/C18H27FN4O2/c1-3-22(4-2)10-6-9-20-18(25)21-15-12-17(24)23(13-15)16-8-5-7-14(19)11-16/h5,7-8,11,15H,3-4,6,9-10,12-13H2,1-2H3,(H2,20,21,25)/p+1/t15-/m0/s1. The Kier molecular flexibility index (Phi) is 7.18. The zero-order valence-electron chi connectivity index (χ0n) is 15.0. The summed E-state index contributed by atoms with van der Waals surface area (Å²) in [4.78, 5) is 27.1. The van der Waals surface area contributed by atoms with Gasteiger partial charge in [-0.2, -0.15) is 0 Å². The number of benzene rings is 1. The van der Waals surface area contributed by atoms with Gasteiger partial charge in [0.1, 0.15) is 5.82 Å². The number of hydrogen-bond donors (Lipinski definition) is 3. The van der Waals surface area contributed by atoms with E-state index >= 15 is 0 Å². The van der Waals surface area contributed by atoms with Gasteiger partial charge in [0.25, 0.3) is 0 Å². The zero-order chi connectivity index (χ0) is 18.2. The molecule has 1 aromatic carbocycles. The van der Waals surface area contributed by atoms with Crippen molar-refractivity contribution in [3.63, 3.8) is 0 Å². The maximum absolute atomic E-state index is 13.3. The van der Waals surface area contributed by atoms with Crippen molar-refractivity contribution >= 4 is 17.6 Å². The maximum Gasteiger partial charge on any atom is 0.315 e. The summed E-state index contributed by atoms with van der Waals surface area (Å²) in [7, 11) is 0. The van der Waals surface area contributed by atoms with Gasteiger partial charge in [-0.1, -0.05) is 6.07 Å². The molecule has 1 atom stereocenters. The quantitative estimate of drug-likeness (QED) is 0.599. The summed E-state index contributed by atoms with van der Waals surface area (Å²) >= 11 is 0. The highest BCUT2D eigenvalue weighted by Gasteiger charge is 2.31. The van der Waals surface area contributed by atoms with Crippen molar-refractivity contribution in [2.75, 3.05) is 37.6 Å². The van der Waals surface area contributed by atoms with E-state index in [0.29, 0.717) is 18.8 Å². The van der Waals surface area contributed by atoms with E-state index in [4.69, 9.17) is 0 Å². The number of carbonyl (C=O) groups is 2. The molecule has 0 radical (unpaired) electrons. The Morgan fingerprint density at radius 1 is 1.36 bits per heavy atom. The van der Waals surface area contributed by atoms with E-state index in [1.807, 2.05) is 0 Å². The van der Waals surface area contributed by atoms with E-state index in [-0.39, 0.29) is 30.2 Å². The van der Waals surface area contributed by atoms with E-state index in [9.17, 15) is 14.0 Å². The van der Waals surface area contributed by atoms with E-state index < -0.39 is 0 Å². The van der Waals surface area contributed by atoms with Crippen molar-refractivity contribution in [1.82, 2.24) is 10.6 Å². The first-order valence-electron chi connectivity index (χ1n) is 8.97. The molecule has 6 nitrogen and oxygen atoms in total. The fourth-order valence-electron chi connectivity index (χ4n) is 3.08. The van der Waals surface area contributed by atoms with E-state index in [1.165, 1.54) is 21.9 Å². The van der Waals surface area contributed by atoms with Gasteiger partial charge in [-0.25, -0.2) is 9.18 Å². The molecule has 1 fully saturated rings. The second-order valence-electron chi connectivity index (χ2n) is 6.35. The van der Waals surface area contributed by atoms with Crippen LogP contribution in [0.1, 0.15) is 26.7 Å². The number of nitrogens with one attached hydrogen (secondary N) is 3.